The molecule has 0 aliphatic carbocycles. The Morgan fingerprint density at radius 1 is 0.951 bits per heavy atom. The Morgan fingerprint density at radius 3 is 2.22 bits per heavy atom. The minimum atomic E-state index is -0.708. The molecule has 0 spiro atoms. The smallest absolute Gasteiger partial charge is 0.247 e. The number of thiazole rings is 1. The van der Waals surface area contributed by atoms with Gasteiger partial charge in [0.2, 0.25) is 11.8 Å². The van der Waals surface area contributed by atoms with Gasteiger partial charge in [-0.2, -0.15) is 0 Å². The standard InChI is InChI=1S/C31H36N6O2S2/c1-20(2)29(30(39)34-24-12-14-25(15-13-24)36(5)6)37(28(38)19-41-31-32-21(3)16-22(4)33-31)17-27-35-26(18-40-27)23-10-8-7-9-11-23/h7-16,18,20,29H,17,19H2,1-6H3,(H,34,39). The van der Waals surface area contributed by atoms with Crippen LogP contribution in [-0.2, 0) is 16.1 Å². The topological polar surface area (TPSA) is 91.3 Å². The number of nitrogens with one attached hydrogen (secondary N) is 1. The van der Waals surface area contributed by atoms with Crippen molar-refractivity contribution < 1.29 is 9.59 Å². The summed E-state index contributed by atoms with van der Waals surface area (Å²) in [6.45, 7) is 7.95. The molecule has 2 aromatic heterocycles. The quantitative estimate of drug-likeness (QED) is 0.168. The van der Waals surface area contributed by atoms with Gasteiger partial charge in [-0.15, -0.1) is 11.3 Å². The van der Waals surface area contributed by atoms with Gasteiger partial charge in [0.1, 0.15) is 11.0 Å². The molecule has 8 nitrogen and oxygen atoms in total. The van der Waals surface area contributed by atoms with E-state index in [4.69, 9.17) is 4.98 Å². The number of hydrogen-bond acceptors (Lipinski definition) is 8. The number of thioether (sulfide) groups is 1. The summed E-state index contributed by atoms with van der Waals surface area (Å²) in [6.07, 6.45) is 0. The van der Waals surface area contributed by atoms with Crippen LogP contribution >= 0.6 is 23.1 Å². The summed E-state index contributed by atoms with van der Waals surface area (Å²) >= 11 is 2.76. The lowest BCUT2D eigenvalue weighted by Gasteiger charge is -2.33. The first-order valence-electron chi connectivity index (χ1n) is 13.4. The highest BCUT2D eigenvalue weighted by Gasteiger charge is 2.33. The van der Waals surface area contributed by atoms with E-state index in [1.54, 1.807) is 4.90 Å². The van der Waals surface area contributed by atoms with Crippen LogP contribution in [0, 0.1) is 19.8 Å². The molecule has 2 amide bonds. The number of aromatic nitrogens is 3. The van der Waals surface area contributed by atoms with E-state index in [1.807, 2.05) is 113 Å². The largest absolute Gasteiger partial charge is 0.378 e. The number of anilines is 2. The fraction of sp³-hybridized carbons (Fsp3) is 0.323. The van der Waals surface area contributed by atoms with E-state index in [1.165, 1.54) is 23.1 Å². The fourth-order valence-electron chi connectivity index (χ4n) is 4.44. The predicted molar refractivity (Wildman–Crippen MR) is 168 cm³/mol. The Kier molecular flexibility index (Phi) is 10.1. The minimum Gasteiger partial charge on any atom is -0.378 e. The van der Waals surface area contributed by atoms with Crippen LogP contribution in [0.4, 0.5) is 11.4 Å². The molecule has 1 atom stereocenters. The van der Waals surface area contributed by atoms with Gasteiger partial charge in [-0.05, 0) is 50.1 Å². The van der Waals surface area contributed by atoms with E-state index in [-0.39, 0.29) is 30.0 Å². The summed E-state index contributed by atoms with van der Waals surface area (Å²) in [5, 5.41) is 6.33. The number of rotatable bonds is 11. The summed E-state index contributed by atoms with van der Waals surface area (Å²) in [5.41, 5.74) is 5.26. The Hall–Kier alpha value is -3.76. The number of nitrogens with zero attached hydrogens (tertiary/aromatic N) is 5. The molecule has 0 bridgehead atoms. The molecule has 0 aliphatic rings. The fourth-order valence-corrected chi connectivity index (χ4v) is 6.08. The second-order valence-corrected chi connectivity index (χ2v) is 12.2. The van der Waals surface area contributed by atoms with Crippen LogP contribution in [0.1, 0.15) is 30.2 Å². The molecule has 41 heavy (non-hydrogen) atoms. The zero-order chi connectivity index (χ0) is 29.5. The first kappa shape index (κ1) is 30.2. The number of carbonyl (C=O) groups excluding carboxylic acids is 2. The van der Waals surface area contributed by atoms with Gasteiger partial charge in [0.15, 0.2) is 5.16 Å². The molecule has 1 unspecified atom stereocenters. The van der Waals surface area contributed by atoms with Crippen molar-refractivity contribution in [1.82, 2.24) is 19.9 Å². The number of aryl methyl sites for hydroxylation is 2. The summed E-state index contributed by atoms with van der Waals surface area (Å²) < 4.78 is 0. The average molecular weight is 589 g/mol. The molecule has 0 saturated heterocycles. The number of amides is 2. The van der Waals surface area contributed by atoms with Crippen LogP contribution in [0.2, 0.25) is 0 Å². The van der Waals surface area contributed by atoms with E-state index in [0.29, 0.717) is 10.8 Å². The Morgan fingerprint density at radius 2 is 1.61 bits per heavy atom. The molecule has 0 saturated carbocycles. The number of benzene rings is 2. The van der Waals surface area contributed by atoms with Crippen molar-refractivity contribution in [3.05, 3.63) is 82.4 Å². The first-order valence-corrected chi connectivity index (χ1v) is 15.3. The van der Waals surface area contributed by atoms with Gasteiger partial charge < -0.3 is 15.1 Å². The summed E-state index contributed by atoms with van der Waals surface area (Å²) in [7, 11) is 3.93. The van der Waals surface area contributed by atoms with E-state index in [2.05, 4.69) is 15.3 Å². The van der Waals surface area contributed by atoms with Gasteiger partial charge in [-0.3, -0.25) is 9.59 Å². The molecule has 0 aliphatic heterocycles. The number of hydrogen-bond donors (Lipinski definition) is 1. The third-order valence-corrected chi connectivity index (χ3v) is 8.09. The molecule has 1 N–H and O–H groups in total. The Bertz CT molecular complexity index is 1450. The van der Waals surface area contributed by atoms with Crippen molar-refractivity contribution >= 4 is 46.3 Å². The average Bonchev–Trinajstić information content (AvgIpc) is 3.40. The van der Waals surface area contributed by atoms with Gasteiger partial charge in [0, 0.05) is 47.8 Å². The predicted octanol–water partition coefficient (Wildman–Crippen LogP) is 6.07. The van der Waals surface area contributed by atoms with E-state index in [0.717, 1.165) is 33.3 Å². The highest BCUT2D eigenvalue weighted by Crippen LogP contribution is 2.26. The van der Waals surface area contributed by atoms with Gasteiger partial charge >= 0.3 is 0 Å². The monoisotopic (exact) mass is 588 g/mol. The van der Waals surface area contributed by atoms with Crippen molar-refractivity contribution in [2.24, 2.45) is 5.92 Å². The molecule has 4 rings (SSSR count). The lowest BCUT2D eigenvalue weighted by Crippen LogP contribution is -2.50. The van der Waals surface area contributed by atoms with Crippen LogP contribution in [0.15, 0.2) is 71.2 Å². The first-order chi connectivity index (χ1) is 19.6. The lowest BCUT2D eigenvalue weighted by atomic mass is 10.0. The molecule has 0 fully saturated rings. The summed E-state index contributed by atoms with van der Waals surface area (Å²) in [6, 6.07) is 18.8. The summed E-state index contributed by atoms with van der Waals surface area (Å²) in [5.74, 6) is -0.450. The molecule has 10 heteroatoms. The molecular weight excluding hydrogens is 553 g/mol. The zero-order valence-electron chi connectivity index (χ0n) is 24.3. The maximum absolute atomic E-state index is 13.8. The van der Waals surface area contributed by atoms with Gasteiger partial charge in [0.25, 0.3) is 0 Å². The second kappa shape index (κ2) is 13.7. The van der Waals surface area contributed by atoms with Crippen LogP contribution in [0.25, 0.3) is 11.3 Å². The Labute approximate surface area is 250 Å². The molecule has 4 aromatic rings. The highest BCUT2D eigenvalue weighted by molar-refractivity contribution is 7.99. The number of carbonyl (C=O) groups is 2. The van der Waals surface area contributed by atoms with E-state index in [9.17, 15) is 9.59 Å². The van der Waals surface area contributed by atoms with Crippen molar-refractivity contribution in [3.8, 4) is 11.3 Å². The van der Waals surface area contributed by atoms with Crippen LogP contribution < -0.4 is 10.2 Å². The van der Waals surface area contributed by atoms with Crippen LogP contribution in [-0.4, -0.2) is 57.6 Å². The minimum absolute atomic E-state index is 0.105. The van der Waals surface area contributed by atoms with Crippen molar-refractivity contribution in [3.63, 3.8) is 0 Å². The van der Waals surface area contributed by atoms with Crippen molar-refractivity contribution in [2.75, 3.05) is 30.1 Å². The third kappa shape index (κ3) is 8.14. The van der Waals surface area contributed by atoms with Crippen LogP contribution in [0.3, 0.4) is 0 Å². The highest BCUT2D eigenvalue weighted by atomic mass is 32.2. The normalized spacial score (nSPS) is 11.8. The Balaban J connectivity index is 1.59. The maximum Gasteiger partial charge on any atom is 0.247 e. The van der Waals surface area contributed by atoms with Gasteiger partial charge in [-0.1, -0.05) is 55.9 Å². The zero-order valence-corrected chi connectivity index (χ0v) is 25.9. The lowest BCUT2D eigenvalue weighted by molar-refractivity contribution is -0.138. The maximum atomic E-state index is 13.8. The second-order valence-electron chi connectivity index (χ2n) is 10.4. The van der Waals surface area contributed by atoms with Crippen molar-refractivity contribution in [2.45, 2.75) is 45.4 Å². The van der Waals surface area contributed by atoms with E-state index < -0.39 is 6.04 Å². The van der Waals surface area contributed by atoms with E-state index >= 15 is 0 Å². The van der Waals surface area contributed by atoms with Crippen molar-refractivity contribution in [1.29, 1.82) is 0 Å². The molecule has 214 valence electrons. The molecule has 0 radical (unpaired) electrons. The SMILES string of the molecule is Cc1cc(C)nc(SCC(=O)N(Cc2nc(-c3ccccc3)cs2)C(C(=O)Nc2ccc(N(C)C)cc2)C(C)C)n1. The molecule has 2 heterocycles. The molecule has 2 aromatic carbocycles. The molecular formula is C31H36N6O2S2. The third-order valence-electron chi connectivity index (χ3n) is 6.42. The van der Waals surface area contributed by atoms with Gasteiger partial charge in [0.05, 0.1) is 18.0 Å². The summed E-state index contributed by atoms with van der Waals surface area (Å²) in [4.78, 5) is 45.0. The van der Waals surface area contributed by atoms with Crippen LogP contribution in [0.5, 0.6) is 0 Å². The van der Waals surface area contributed by atoms with Gasteiger partial charge in [-0.25, -0.2) is 15.0 Å².